The number of hydrogen-bond donors (Lipinski definition) is 1. The fourth-order valence-electron chi connectivity index (χ4n) is 2.68. The van der Waals surface area contributed by atoms with E-state index in [1.165, 1.54) is 12.8 Å². The second kappa shape index (κ2) is 4.38. The minimum atomic E-state index is 0.0163. The molecule has 2 fully saturated rings. The van der Waals surface area contributed by atoms with Crippen LogP contribution in [0.3, 0.4) is 0 Å². The Hall–Kier alpha value is -0.940. The standard InChI is InChI=1S/C12H19N3O2/c1-16-10(7-2-3-7)11-14-12(17-15-11)8-4-5-9(13)6-8/h7-10H,2-6,13H2,1H3. The van der Waals surface area contributed by atoms with E-state index in [-0.39, 0.29) is 12.1 Å². The van der Waals surface area contributed by atoms with Gasteiger partial charge in [-0.15, -0.1) is 0 Å². The summed E-state index contributed by atoms with van der Waals surface area (Å²) >= 11 is 0. The molecular formula is C12H19N3O2. The topological polar surface area (TPSA) is 74.2 Å². The molecule has 0 radical (unpaired) electrons. The van der Waals surface area contributed by atoms with Gasteiger partial charge in [-0.1, -0.05) is 5.16 Å². The molecule has 3 rings (SSSR count). The van der Waals surface area contributed by atoms with Gasteiger partial charge < -0.3 is 15.0 Å². The van der Waals surface area contributed by atoms with Gasteiger partial charge in [0.15, 0.2) is 0 Å². The van der Waals surface area contributed by atoms with E-state index >= 15 is 0 Å². The summed E-state index contributed by atoms with van der Waals surface area (Å²) in [5.74, 6) is 2.39. The van der Waals surface area contributed by atoms with E-state index in [2.05, 4.69) is 10.1 Å². The summed E-state index contributed by atoms with van der Waals surface area (Å²) in [6.45, 7) is 0. The number of hydrogen-bond acceptors (Lipinski definition) is 5. The van der Waals surface area contributed by atoms with Crippen LogP contribution in [0, 0.1) is 5.92 Å². The highest BCUT2D eigenvalue weighted by Crippen LogP contribution is 2.42. The molecule has 0 bridgehead atoms. The van der Waals surface area contributed by atoms with Gasteiger partial charge in [-0.05, 0) is 38.0 Å². The molecule has 3 unspecified atom stereocenters. The molecule has 0 spiro atoms. The van der Waals surface area contributed by atoms with Crippen LogP contribution in [0.4, 0.5) is 0 Å². The lowest BCUT2D eigenvalue weighted by Crippen LogP contribution is -2.14. The first-order chi connectivity index (χ1) is 8.28. The highest BCUT2D eigenvalue weighted by molar-refractivity contribution is 5.03. The maximum atomic E-state index is 5.90. The van der Waals surface area contributed by atoms with Crippen molar-refractivity contribution < 1.29 is 9.26 Å². The van der Waals surface area contributed by atoms with Crippen molar-refractivity contribution in [1.82, 2.24) is 10.1 Å². The van der Waals surface area contributed by atoms with Crippen LogP contribution in [-0.2, 0) is 4.74 Å². The first kappa shape index (κ1) is 11.2. The quantitative estimate of drug-likeness (QED) is 0.863. The molecule has 5 nitrogen and oxygen atoms in total. The van der Waals surface area contributed by atoms with Crippen molar-refractivity contribution in [2.75, 3.05) is 7.11 Å². The zero-order valence-electron chi connectivity index (χ0n) is 10.1. The van der Waals surface area contributed by atoms with Gasteiger partial charge in [0, 0.05) is 19.1 Å². The summed E-state index contributed by atoms with van der Waals surface area (Å²) in [5, 5.41) is 4.07. The Kier molecular flexibility index (Phi) is 2.88. The van der Waals surface area contributed by atoms with Gasteiger partial charge in [-0.2, -0.15) is 4.98 Å². The number of methoxy groups -OCH3 is 1. The van der Waals surface area contributed by atoms with E-state index < -0.39 is 0 Å². The molecule has 0 amide bonds. The zero-order chi connectivity index (χ0) is 11.8. The number of nitrogens with zero attached hydrogens (tertiary/aromatic N) is 2. The molecule has 1 aromatic rings. The van der Waals surface area contributed by atoms with Crippen molar-refractivity contribution >= 4 is 0 Å². The fourth-order valence-corrected chi connectivity index (χ4v) is 2.68. The van der Waals surface area contributed by atoms with Gasteiger partial charge >= 0.3 is 0 Å². The van der Waals surface area contributed by atoms with Crippen LogP contribution >= 0.6 is 0 Å². The summed E-state index contributed by atoms with van der Waals surface area (Å²) in [6.07, 6.45) is 5.50. The highest BCUT2D eigenvalue weighted by Gasteiger charge is 2.36. The number of nitrogens with two attached hydrogens (primary N) is 1. The molecule has 0 aromatic carbocycles. The third-order valence-corrected chi connectivity index (χ3v) is 3.84. The number of aromatic nitrogens is 2. The Balaban J connectivity index is 1.73. The maximum absolute atomic E-state index is 5.90. The minimum Gasteiger partial charge on any atom is -0.373 e. The van der Waals surface area contributed by atoms with E-state index in [1.807, 2.05) is 0 Å². The largest absolute Gasteiger partial charge is 0.373 e. The molecule has 0 aliphatic heterocycles. The van der Waals surface area contributed by atoms with E-state index in [4.69, 9.17) is 15.0 Å². The Morgan fingerprint density at radius 3 is 2.76 bits per heavy atom. The SMILES string of the molecule is COC(c1noc(C2CCC(N)C2)n1)C1CC1. The van der Waals surface area contributed by atoms with Crippen LogP contribution in [0.5, 0.6) is 0 Å². The van der Waals surface area contributed by atoms with E-state index in [0.29, 0.717) is 17.7 Å². The molecule has 0 saturated heterocycles. The van der Waals surface area contributed by atoms with Crippen molar-refractivity contribution in [3.63, 3.8) is 0 Å². The third kappa shape index (κ3) is 2.21. The van der Waals surface area contributed by atoms with Crippen LogP contribution in [0.25, 0.3) is 0 Å². The van der Waals surface area contributed by atoms with Gasteiger partial charge in [0.05, 0.1) is 0 Å². The smallest absolute Gasteiger partial charge is 0.229 e. The van der Waals surface area contributed by atoms with Crippen molar-refractivity contribution in [3.8, 4) is 0 Å². The Bertz CT molecular complexity index is 389. The van der Waals surface area contributed by atoms with Gasteiger partial charge in [-0.3, -0.25) is 0 Å². The Morgan fingerprint density at radius 1 is 1.35 bits per heavy atom. The van der Waals surface area contributed by atoms with Crippen molar-refractivity contribution in [1.29, 1.82) is 0 Å². The number of rotatable bonds is 4. The second-order valence-electron chi connectivity index (χ2n) is 5.25. The first-order valence-electron chi connectivity index (χ1n) is 6.39. The number of ether oxygens (including phenoxy) is 1. The summed E-state index contributed by atoms with van der Waals surface area (Å²) < 4.78 is 10.8. The molecule has 17 heavy (non-hydrogen) atoms. The van der Waals surface area contributed by atoms with E-state index in [1.54, 1.807) is 7.11 Å². The molecule has 1 aromatic heterocycles. The van der Waals surface area contributed by atoms with Gasteiger partial charge in [-0.25, -0.2) is 0 Å². The molecule has 2 aliphatic rings. The minimum absolute atomic E-state index is 0.0163. The van der Waals surface area contributed by atoms with Crippen LogP contribution < -0.4 is 5.73 Å². The molecule has 2 N–H and O–H groups in total. The lowest BCUT2D eigenvalue weighted by Gasteiger charge is -2.08. The van der Waals surface area contributed by atoms with Crippen LogP contribution in [0.15, 0.2) is 4.52 Å². The summed E-state index contributed by atoms with van der Waals surface area (Å²) in [5.41, 5.74) is 5.90. The van der Waals surface area contributed by atoms with Crippen LogP contribution in [0.2, 0.25) is 0 Å². The molecule has 2 aliphatic carbocycles. The molecule has 2 saturated carbocycles. The van der Waals surface area contributed by atoms with Crippen molar-refractivity contribution in [2.24, 2.45) is 11.7 Å². The van der Waals surface area contributed by atoms with E-state index in [0.717, 1.165) is 25.2 Å². The molecular weight excluding hydrogens is 218 g/mol. The Labute approximate surface area is 101 Å². The molecule has 3 atom stereocenters. The average molecular weight is 237 g/mol. The maximum Gasteiger partial charge on any atom is 0.229 e. The molecule has 94 valence electrons. The normalized spacial score (nSPS) is 30.7. The van der Waals surface area contributed by atoms with Crippen LogP contribution in [-0.4, -0.2) is 23.3 Å². The molecule has 5 heteroatoms. The van der Waals surface area contributed by atoms with Gasteiger partial charge in [0.25, 0.3) is 0 Å². The second-order valence-corrected chi connectivity index (χ2v) is 5.25. The van der Waals surface area contributed by atoms with Crippen molar-refractivity contribution in [2.45, 2.75) is 50.2 Å². The lowest BCUT2D eigenvalue weighted by atomic mass is 10.1. The predicted molar refractivity (Wildman–Crippen MR) is 61.3 cm³/mol. The zero-order valence-corrected chi connectivity index (χ0v) is 10.1. The summed E-state index contributed by atoms with van der Waals surface area (Å²) in [6, 6.07) is 0.289. The monoisotopic (exact) mass is 237 g/mol. The van der Waals surface area contributed by atoms with Gasteiger partial charge in [0.1, 0.15) is 6.10 Å². The molecule has 1 heterocycles. The highest BCUT2D eigenvalue weighted by atomic mass is 16.5. The predicted octanol–water partition coefficient (Wildman–Crippen LogP) is 1.76. The third-order valence-electron chi connectivity index (χ3n) is 3.84. The summed E-state index contributed by atoms with van der Waals surface area (Å²) in [4.78, 5) is 4.50. The van der Waals surface area contributed by atoms with Gasteiger partial charge in [0.2, 0.25) is 11.7 Å². The lowest BCUT2D eigenvalue weighted by molar-refractivity contribution is 0.0751. The average Bonchev–Trinajstić information content (AvgIpc) is 2.87. The van der Waals surface area contributed by atoms with Crippen LogP contribution in [0.1, 0.15) is 55.8 Å². The van der Waals surface area contributed by atoms with Crippen molar-refractivity contribution in [3.05, 3.63) is 11.7 Å². The van der Waals surface area contributed by atoms with E-state index in [9.17, 15) is 0 Å². The first-order valence-corrected chi connectivity index (χ1v) is 6.39. The Morgan fingerprint density at radius 2 is 2.18 bits per heavy atom. The fraction of sp³-hybridized carbons (Fsp3) is 0.833. The summed E-state index contributed by atoms with van der Waals surface area (Å²) in [7, 11) is 1.71.